The summed E-state index contributed by atoms with van der Waals surface area (Å²) in [7, 11) is 1.49. The number of rotatable bonds is 4. The van der Waals surface area contributed by atoms with Crippen molar-refractivity contribution in [2.45, 2.75) is 70.1 Å². The first-order valence-electron chi connectivity index (χ1n) is 7.55. The molecule has 0 spiro atoms. The first-order chi connectivity index (χ1) is 9.07. The number of carbonyl (C=O) groups excluding carboxylic acids is 1. The average Bonchev–Trinajstić information content (AvgIpc) is 2.90. The fraction of sp³-hybridized carbons (Fsp3) is 0.933. The molecule has 1 aliphatic carbocycles. The lowest BCUT2D eigenvalue weighted by atomic mass is 9.82. The van der Waals surface area contributed by atoms with Crippen molar-refractivity contribution >= 4 is 5.97 Å². The molecule has 1 saturated heterocycles. The van der Waals surface area contributed by atoms with Gasteiger partial charge in [0.2, 0.25) is 0 Å². The monoisotopic (exact) mass is 269 g/mol. The SMILES string of the molecule is COC(=O)C1(NC2CCCC2)CCOC(C(C)C)C1. The highest BCUT2D eigenvalue weighted by Crippen LogP contribution is 2.32. The van der Waals surface area contributed by atoms with Gasteiger partial charge in [0.15, 0.2) is 0 Å². The second-order valence-electron chi connectivity index (χ2n) is 6.31. The molecule has 1 N–H and O–H groups in total. The Hall–Kier alpha value is -0.610. The summed E-state index contributed by atoms with van der Waals surface area (Å²) >= 11 is 0. The average molecular weight is 269 g/mol. The topological polar surface area (TPSA) is 47.6 Å². The third-order valence-corrected chi connectivity index (χ3v) is 4.57. The van der Waals surface area contributed by atoms with Crippen LogP contribution in [-0.4, -0.2) is 37.4 Å². The zero-order valence-corrected chi connectivity index (χ0v) is 12.4. The lowest BCUT2D eigenvalue weighted by molar-refractivity contribution is -0.157. The van der Waals surface area contributed by atoms with E-state index < -0.39 is 5.54 Å². The van der Waals surface area contributed by atoms with Crippen molar-refractivity contribution in [2.24, 2.45) is 5.92 Å². The molecule has 4 heteroatoms. The van der Waals surface area contributed by atoms with Crippen LogP contribution in [0.25, 0.3) is 0 Å². The van der Waals surface area contributed by atoms with Crippen LogP contribution in [-0.2, 0) is 14.3 Å². The fourth-order valence-electron chi connectivity index (χ4n) is 3.35. The fourth-order valence-corrected chi connectivity index (χ4v) is 3.35. The molecule has 0 aromatic carbocycles. The number of methoxy groups -OCH3 is 1. The van der Waals surface area contributed by atoms with Crippen molar-refractivity contribution in [1.82, 2.24) is 5.32 Å². The third kappa shape index (κ3) is 3.29. The molecule has 2 unspecified atom stereocenters. The maximum Gasteiger partial charge on any atom is 0.326 e. The molecule has 2 atom stereocenters. The Labute approximate surface area is 116 Å². The van der Waals surface area contributed by atoms with Crippen LogP contribution < -0.4 is 5.32 Å². The van der Waals surface area contributed by atoms with E-state index in [2.05, 4.69) is 19.2 Å². The normalized spacial score (nSPS) is 32.7. The minimum atomic E-state index is -0.531. The van der Waals surface area contributed by atoms with Gasteiger partial charge in [-0.05, 0) is 25.2 Å². The molecule has 1 aliphatic heterocycles. The second-order valence-corrected chi connectivity index (χ2v) is 6.31. The molecule has 1 heterocycles. The Morgan fingerprint density at radius 3 is 2.63 bits per heavy atom. The highest BCUT2D eigenvalue weighted by atomic mass is 16.5. The predicted octanol–water partition coefficient (Wildman–Crippen LogP) is 2.27. The van der Waals surface area contributed by atoms with Gasteiger partial charge in [-0.1, -0.05) is 26.7 Å². The summed E-state index contributed by atoms with van der Waals surface area (Å²) in [4.78, 5) is 12.3. The summed E-state index contributed by atoms with van der Waals surface area (Å²) in [6.45, 7) is 4.93. The Morgan fingerprint density at radius 1 is 1.37 bits per heavy atom. The molecule has 0 aromatic rings. The van der Waals surface area contributed by atoms with Crippen molar-refractivity contribution in [3.05, 3.63) is 0 Å². The quantitative estimate of drug-likeness (QED) is 0.795. The van der Waals surface area contributed by atoms with Crippen molar-refractivity contribution in [3.8, 4) is 0 Å². The van der Waals surface area contributed by atoms with Crippen LogP contribution in [0.4, 0.5) is 0 Å². The molecule has 0 bridgehead atoms. The molecular weight excluding hydrogens is 242 g/mol. The number of esters is 1. The highest BCUT2D eigenvalue weighted by molar-refractivity contribution is 5.81. The lowest BCUT2D eigenvalue weighted by Crippen LogP contribution is -2.60. The number of nitrogens with one attached hydrogen (secondary N) is 1. The van der Waals surface area contributed by atoms with Gasteiger partial charge in [0.1, 0.15) is 5.54 Å². The van der Waals surface area contributed by atoms with E-state index in [1.165, 1.54) is 32.8 Å². The first kappa shape index (κ1) is 14.8. The van der Waals surface area contributed by atoms with Gasteiger partial charge in [-0.2, -0.15) is 0 Å². The van der Waals surface area contributed by atoms with Crippen molar-refractivity contribution < 1.29 is 14.3 Å². The smallest absolute Gasteiger partial charge is 0.326 e. The van der Waals surface area contributed by atoms with Gasteiger partial charge in [0.05, 0.1) is 13.2 Å². The Kier molecular flexibility index (Phi) is 4.85. The van der Waals surface area contributed by atoms with E-state index in [-0.39, 0.29) is 12.1 Å². The van der Waals surface area contributed by atoms with Gasteiger partial charge in [0.25, 0.3) is 0 Å². The van der Waals surface area contributed by atoms with Crippen molar-refractivity contribution in [3.63, 3.8) is 0 Å². The lowest BCUT2D eigenvalue weighted by Gasteiger charge is -2.42. The second kappa shape index (κ2) is 6.23. The molecule has 4 nitrogen and oxygen atoms in total. The summed E-state index contributed by atoms with van der Waals surface area (Å²) in [6.07, 6.45) is 6.46. The molecule has 2 aliphatic rings. The van der Waals surface area contributed by atoms with E-state index in [9.17, 15) is 4.79 Å². The van der Waals surface area contributed by atoms with E-state index >= 15 is 0 Å². The van der Waals surface area contributed by atoms with Crippen LogP contribution in [0.15, 0.2) is 0 Å². The van der Waals surface area contributed by atoms with Crippen LogP contribution in [0.2, 0.25) is 0 Å². The summed E-state index contributed by atoms with van der Waals surface area (Å²) in [6, 6.07) is 0.463. The zero-order chi connectivity index (χ0) is 13.9. The molecule has 0 radical (unpaired) electrons. The van der Waals surface area contributed by atoms with Gasteiger partial charge in [-0.15, -0.1) is 0 Å². The minimum Gasteiger partial charge on any atom is -0.468 e. The molecule has 0 amide bonds. The van der Waals surface area contributed by atoms with E-state index in [1.54, 1.807) is 0 Å². The molecule has 19 heavy (non-hydrogen) atoms. The van der Waals surface area contributed by atoms with Crippen LogP contribution in [0.1, 0.15) is 52.4 Å². The summed E-state index contributed by atoms with van der Waals surface area (Å²) < 4.78 is 10.9. The highest BCUT2D eigenvalue weighted by Gasteiger charge is 2.46. The van der Waals surface area contributed by atoms with E-state index in [0.29, 0.717) is 18.6 Å². The number of ether oxygens (including phenoxy) is 2. The van der Waals surface area contributed by atoms with Gasteiger partial charge in [0, 0.05) is 19.1 Å². The first-order valence-corrected chi connectivity index (χ1v) is 7.55. The van der Waals surface area contributed by atoms with Crippen LogP contribution in [0, 0.1) is 5.92 Å². The Morgan fingerprint density at radius 2 is 2.05 bits per heavy atom. The van der Waals surface area contributed by atoms with E-state index in [4.69, 9.17) is 9.47 Å². The Balaban J connectivity index is 2.11. The number of hydrogen-bond acceptors (Lipinski definition) is 4. The van der Waals surface area contributed by atoms with Gasteiger partial charge < -0.3 is 9.47 Å². The molecule has 0 aromatic heterocycles. The van der Waals surface area contributed by atoms with Crippen molar-refractivity contribution in [2.75, 3.05) is 13.7 Å². The summed E-state index contributed by atoms with van der Waals surface area (Å²) in [5, 5.41) is 3.61. The van der Waals surface area contributed by atoms with Gasteiger partial charge in [-0.3, -0.25) is 10.1 Å². The third-order valence-electron chi connectivity index (χ3n) is 4.57. The van der Waals surface area contributed by atoms with Crippen LogP contribution in [0.3, 0.4) is 0 Å². The van der Waals surface area contributed by atoms with Crippen molar-refractivity contribution in [1.29, 1.82) is 0 Å². The van der Waals surface area contributed by atoms with E-state index in [1.807, 2.05) is 0 Å². The van der Waals surface area contributed by atoms with E-state index in [0.717, 1.165) is 12.8 Å². The molecule has 1 saturated carbocycles. The maximum atomic E-state index is 12.3. The minimum absolute atomic E-state index is 0.117. The van der Waals surface area contributed by atoms with Gasteiger partial charge >= 0.3 is 5.97 Å². The molecule has 110 valence electrons. The van der Waals surface area contributed by atoms with Crippen LogP contribution >= 0.6 is 0 Å². The predicted molar refractivity (Wildman–Crippen MR) is 74.0 cm³/mol. The summed E-state index contributed by atoms with van der Waals surface area (Å²) in [5.41, 5.74) is -0.531. The number of hydrogen-bond donors (Lipinski definition) is 1. The van der Waals surface area contributed by atoms with Gasteiger partial charge in [-0.25, -0.2) is 0 Å². The zero-order valence-electron chi connectivity index (χ0n) is 12.4. The Bertz CT molecular complexity index is 309. The molecule has 2 rings (SSSR count). The maximum absolute atomic E-state index is 12.3. The standard InChI is InChI=1S/C15H27NO3/c1-11(2)13-10-15(8-9-19-13,14(17)18-3)16-12-6-4-5-7-12/h11-13,16H,4-10H2,1-3H3. The van der Waals surface area contributed by atoms with Crippen LogP contribution in [0.5, 0.6) is 0 Å². The largest absolute Gasteiger partial charge is 0.468 e. The molecular formula is C15H27NO3. The summed E-state index contributed by atoms with van der Waals surface area (Å²) in [5.74, 6) is 0.308. The number of carbonyl (C=O) groups is 1. The molecule has 2 fully saturated rings.